The fourth-order valence-electron chi connectivity index (χ4n) is 1.71. The van der Waals surface area contributed by atoms with Crippen LogP contribution in [0.1, 0.15) is 19.8 Å². The van der Waals surface area contributed by atoms with E-state index in [2.05, 4.69) is 12.2 Å². The first kappa shape index (κ1) is 11.9. The molecule has 1 rings (SSSR count). The van der Waals surface area contributed by atoms with Crippen molar-refractivity contribution in [3.8, 4) is 0 Å². The predicted octanol–water partition coefficient (Wildman–Crippen LogP) is 0.188. The molecule has 84 valence electrons. The highest BCUT2D eigenvalue weighted by Crippen LogP contribution is 2.12. The van der Waals surface area contributed by atoms with Crippen LogP contribution in [0.15, 0.2) is 0 Å². The van der Waals surface area contributed by atoms with E-state index >= 15 is 0 Å². The van der Waals surface area contributed by atoms with Gasteiger partial charge in [0.15, 0.2) is 9.84 Å². The summed E-state index contributed by atoms with van der Waals surface area (Å²) in [4.78, 5) is 0. The molecule has 0 aromatic heterocycles. The first-order valence-corrected chi connectivity index (χ1v) is 6.81. The van der Waals surface area contributed by atoms with Gasteiger partial charge in [-0.25, -0.2) is 8.42 Å². The Bertz CT molecular complexity index is 263. The Morgan fingerprint density at radius 3 is 2.79 bits per heavy atom. The fourth-order valence-corrected chi connectivity index (χ4v) is 3.39. The molecule has 14 heavy (non-hydrogen) atoms. The highest BCUT2D eigenvalue weighted by Gasteiger charge is 2.28. The monoisotopic (exact) mass is 221 g/mol. The van der Waals surface area contributed by atoms with Crippen LogP contribution in [0.4, 0.5) is 0 Å². The Hall–Kier alpha value is -0.130. The van der Waals surface area contributed by atoms with Gasteiger partial charge in [-0.1, -0.05) is 0 Å². The van der Waals surface area contributed by atoms with Crippen molar-refractivity contribution in [3.63, 3.8) is 0 Å². The van der Waals surface area contributed by atoms with Gasteiger partial charge in [-0.3, -0.25) is 0 Å². The summed E-state index contributed by atoms with van der Waals surface area (Å²) in [6, 6.07) is 0.472. The molecule has 1 aliphatic rings. The highest BCUT2D eigenvalue weighted by atomic mass is 32.2. The lowest BCUT2D eigenvalue weighted by Gasteiger charge is -2.17. The molecule has 0 spiro atoms. The van der Waals surface area contributed by atoms with Crippen LogP contribution in [0.25, 0.3) is 0 Å². The van der Waals surface area contributed by atoms with Gasteiger partial charge in [0.05, 0.1) is 11.5 Å². The van der Waals surface area contributed by atoms with Gasteiger partial charge in [0.1, 0.15) is 0 Å². The van der Waals surface area contributed by atoms with E-state index < -0.39 is 9.84 Å². The van der Waals surface area contributed by atoms with Crippen molar-refractivity contribution >= 4 is 9.84 Å². The molecule has 1 heterocycles. The second-order valence-electron chi connectivity index (χ2n) is 3.95. The Labute approximate surface area is 85.9 Å². The number of nitrogens with one attached hydrogen (secondary N) is 1. The number of hydrogen-bond acceptors (Lipinski definition) is 4. The van der Waals surface area contributed by atoms with Crippen LogP contribution in [-0.4, -0.2) is 45.7 Å². The summed E-state index contributed by atoms with van der Waals surface area (Å²) in [5, 5.41) is 3.31. The molecule has 0 aromatic rings. The van der Waals surface area contributed by atoms with Gasteiger partial charge in [0.25, 0.3) is 0 Å². The number of sulfone groups is 1. The van der Waals surface area contributed by atoms with Gasteiger partial charge < -0.3 is 10.1 Å². The van der Waals surface area contributed by atoms with Crippen LogP contribution in [0.3, 0.4) is 0 Å². The Morgan fingerprint density at radius 1 is 1.57 bits per heavy atom. The molecule has 0 amide bonds. The molecule has 0 aromatic carbocycles. The second kappa shape index (κ2) is 5.09. The van der Waals surface area contributed by atoms with Crippen LogP contribution < -0.4 is 5.32 Å². The average Bonchev–Trinajstić information content (AvgIpc) is 2.42. The third-order valence-corrected chi connectivity index (χ3v) is 4.28. The van der Waals surface area contributed by atoms with Crippen molar-refractivity contribution in [2.24, 2.45) is 0 Å². The Kier molecular flexibility index (Phi) is 4.34. The molecule has 1 aliphatic heterocycles. The molecule has 2 atom stereocenters. The normalized spacial score (nSPS) is 27.7. The highest BCUT2D eigenvalue weighted by molar-refractivity contribution is 7.91. The molecule has 0 saturated carbocycles. The number of hydrogen-bond donors (Lipinski definition) is 1. The van der Waals surface area contributed by atoms with Gasteiger partial charge >= 0.3 is 0 Å². The zero-order chi connectivity index (χ0) is 10.6. The van der Waals surface area contributed by atoms with Gasteiger partial charge in [-0.2, -0.15) is 0 Å². The third kappa shape index (κ3) is 3.94. The van der Waals surface area contributed by atoms with Crippen molar-refractivity contribution in [1.82, 2.24) is 5.32 Å². The SMILES string of the molecule is COCCC(C)NC1CCS(=O)(=O)C1. The minimum absolute atomic E-state index is 0.145. The first-order chi connectivity index (χ1) is 6.53. The molecule has 0 radical (unpaired) electrons. The molecule has 4 nitrogen and oxygen atoms in total. The van der Waals surface area contributed by atoms with E-state index in [4.69, 9.17) is 4.74 Å². The molecule has 2 unspecified atom stereocenters. The number of ether oxygens (including phenoxy) is 1. The summed E-state index contributed by atoms with van der Waals surface area (Å²) in [6.45, 7) is 2.78. The molecular weight excluding hydrogens is 202 g/mol. The lowest BCUT2D eigenvalue weighted by Crippen LogP contribution is -2.37. The van der Waals surface area contributed by atoms with Crippen LogP contribution in [0, 0.1) is 0 Å². The molecule has 1 fully saturated rings. The zero-order valence-electron chi connectivity index (χ0n) is 8.82. The Morgan fingerprint density at radius 2 is 2.29 bits per heavy atom. The summed E-state index contributed by atoms with van der Waals surface area (Å²) in [6.07, 6.45) is 1.67. The van der Waals surface area contributed by atoms with Crippen molar-refractivity contribution in [3.05, 3.63) is 0 Å². The first-order valence-electron chi connectivity index (χ1n) is 4.99. The van der Waals surface area contributed by atoms with E-state index in [-0.39, 0.29) is 6.04 Å². The quantitative estimate of drug-likeness (QED) is 0.720. The minimum Gasteiger partial charge on any atom is -0.385 e. The Balaban J connectivity index is 2.25. The van der Waals surface area contributed by atoms with E-state index in [0.717, 1.165) is 12.8 Å². The third-order valence-electron chi connectivity index (χ3n) is 2.51. The van der Waals surface area contributed by atoms with Crippen LogP contribution in [-0.2, 0) is 14.6 Å². The second-order valence-corrected chi connectivity index (χ2v) is 6.18. The van der Waals surface area contributed by atoms with Gasteiger partial charge in [-0.05, 0) is 19.8 Å². The van der Waals surface area contributed by atoms with E-state index in [9.17, 15) is 8.42 Å². The maximum atomic E-state index is 11.2. The zero-order valence-corrected chi connectivity index (χ0v) is 9.64. The number of methoxy groups -OCH3 is 1. The van der Waals surface area contributed by atoms with Crippen LogP contribution >= 0.6 is 0 Å². The summed E-state index contributed by atoms with van der Waals surface area (Å²) in [5.74, 6) is 0.631. The van der Waals surface area contributed by atoms with Gasteiger partial charge in [0.2, 0.25) is 0 Å². The van der Waals surface area contributed by atoms with E-state index in [1.54, 1.807) is 7.11 Å². The van der Waals surface area contributed by atoms with E-state index in [1.807, 2.05) is 0 Å². The van der Waals surface area contributed by atoms with E-state index in [0.29, 0.717) is 24.2 Å². The smallest absolute Gasteiger partial charge is 0.151 e. The minimum atomic E-state index is -2.76. The average molecular weight is 221 g/mol. The molecular formula is C9H19NO3S. The number of rotatable bonds is 5. The van der Waals surface area contributed by atoms with Gasteiger partial charge in [-0.15, -0.1) is 0 Å². The standard InChI is InChI=1S/C9H19NO3S/c1-8(3-5-13-2)10-9-4-6-14(11,12)7-9/h8-10H,3-7H2,1-2H3. The lowest BCUT2D eigenvalue weighted by molar-refractivity contribution is 0.183. The van der Waals surface area contributed by atoms with Crippen molar-refractivity contribution < 1.29 is 13.2 Å². The van der Waals surface area contributed by atoms with E-state index in [1.165, 1.54) is 0 Å². The molecule has 5 heteroatoms. The van der Waals surface area contributed by atoms with Crippen molar-refractivity contribution in [2.45, 2.75) is 31.8 Å². The maximum absolute atomic E-state index is 11.2. The summed E-state index contributed by atoms with van der Waals surface area (Å²) < 4.78 is 27.3. The van der Waals surface area contributed by atoms with Gasteiger partial charge in [0, 0.05) is 25.8 Å². The van der Waals surface area contributed by atoms with Crippen molar-refractivity contribution in [1.29, 1.82) is 0 Å². The molecule has 0 bridgehead atoms. The maximum Gasteiger partial charge on any atom is 0.151 e. The van der Waals surface area contributed by atoms with Crippen molar-refractivity contribution in [2.75, 3.05) is 25.2 Å². The summed E-state index contributed by atoms with van der Waals surface area (Å²) >= 11 is 0. The molecule has 1 saturated heterocycles. The topological polar surface area (TPSA) is 55.4 Å². The predicted molar refractivity (Wildman–Crippen MR) is 56.1 cm³/mol. The fraction of sp³-hybridized carbons (Fsp3) is 1.00. The summed E-state index contributed by atoms with van der Waals surface area (Å²) in [5.41, 5.74) is 0. The molecule has 1 N–H and O–H groups in total. The van der Waals surface area contributed by atoms with Crippen LogP contribution in [0.2, 0.25) is 0 Å². The summed E-state index contributed by atoms with van der Waals surface area (Å²) in [7, 11) is -1.08. The van der Waals surface area contributed by atoms with Crippen LogP contribution in [0.5, 0.6) is 0 Å². The lowest BCUT2D eigenvalue weighted by atomic mass is 10.2. The molecule has 0 aliphatic carbocycles. The largest absolute Gasteiger partial charge is 0.385 e.